The van der Waals surface area contributed by atoms with Crippen LogP contribution in [0.25, 0.3) is 0 Å². The van der Waals surface area contributed by atoms with Crippen LogP contribution in [0.2, 0.25) is 0 Å². The number of carbonyl (C=O) groups is 1. The van der Waals surface area contributed by atoms with Crippen molar-refractivity contribution in [1.82, 2.24) is 0 Å². The lowest BCUT2D eigenvalue weighted by Crippen LogP contribution is -2.08. The second-order valence-corrected chi connectivity index (χ2v) is 3.72. The number of thiol groups is 1. The van der Waals surface area contributed by atoms with Crippen molar-refractivity contribution < 1.29 is 14.3 Å². The fourth-order valence-electron chi connectivity index (χ4n) is 1.37. The summed E-state index contributed by atoms with van der Waals surface area (Å²) in [6.07, 6.45) is 0.0819. The molecule has 0 bridgehead atoms. The molecule has 0 aromatic heterocycles. The number of nitriles is 1. The van der Waals surface area contributed by atoms with Crippen LogP contribution in [0.3, 0.4) is 0 Å². The third-order valence-electron chi connectivity index (χ3n) is 2.16. The molecule has 0 saturated carbocycles. The van der Waals surface area contributed by atoms with Crippen LogP contribution < -0.4 is 4.74 Å². The van der Waals surface area contributed by atoms with E-state index in [0.29, 0.717) is 28.4 Å². The Labute approximate surface area is 106 Å². The molecule has 0 saturated heterocycles. The van der Waals surface area contributed by atoms with Crippen molar-refractivity contribution in [2.75, 3.05) is 13.7 Å². The molecule has 90 valence electrons. The van der Waals surface area contributed by atoms with Crippen LogP contribution in [0.5, 0.6) is 5.75 Å². The number of rotatable bonds is 4. The van der Waals surface area contributed by atoms with Crippen LogP contribution in [0, 0.1) is 11.3 Å². The maximum absolute atomic E-state index is 11.4. The highest BCUT2D eigenvalue weighted by atomic mass is 32.1. The topological polar surface area (TPSA) is 59.3 Å². The van der Waals surface area contributed by atoms with Gasteiger partial charge in [-0.3, -0.25) is 4.79 Å². The average molecular weight is 251 g/mol. The largest absolute Gasteiger partial charge is 0.497 e. The summed E-state index contributed by atoms with van der Waals surface area (Å²) in [6, 6.07) is 5.27. The lowest BCUT2D eigenvalue weighted by Gasteiger charge is -2.09. The molecule has 0 N–H and O–H groups in total. The van der Waals surface area contributed by atoms with Gasteiger partial charge in [0.25, 0.3) is 0 Å². The van der Waals surface area contributed by atoms with Gasteiger partial charge in [0.05, 0.1) is 25.7 Å². The average Bonchev–Trinajstić information content (AvgIpc) is 2.32. The minimum atomic E-state index is -0.347. The number of carbonyl (C=O) groups excluding carboxylic acids is 1. The van der Waals surface area contributed by atoms with Crippen LogP contribution in [0.4, 0.5) is 0 Å². The smallest absolute Gasteiger partial charge is 0.310 e. The molecule has 0 aliphatic rings. The predicted molar refractivity (Wildman–Crippen MR) is 65.3 cm³/mol. The Balaban J connectivity index is 3.06. The fourth-order valence-corrected chi connectivity index (χ4v) is 1.63. The molecule has 0 fully saturated rings. The molecule has 1 aromatic rings. The van der Waals surface area contributed by atoms with Gasteiger partial charge in [0.15, 0.2) is 0 Å². The normalized spacial score (nSPS) is 9.53. The van der Waals surface area contributed by atoms with Crippen LogP contribution in [0.1, 0.15) is 18.1 Å². The van der Waals surface area contributed by atoms with E-state index in [1.165, 1.54) is 7.11 Å². The Morgan fingerprint density at radius 3 is 2.76 bits per heavy atom. The zero-order valence-electron chi connectivity index (χ0n) is 9.69. The monoisotopic (exact) mass is 251 g/mol. The first-order valence-corrected chi connectivity index (χ1v) is 5.52. The minimum Gasteiger partial charge on any atom is -0.497 e. The molecule has 0 spiro atoms. The number of ether oxygens (including phenoxy) is 2. The molecule has 1 rings (SSSR count). The summed E-state index contributed by atoms with van der Waals surface area (Å²) in [6.45, 7) is 2.07. The molecular weight excluding hydrogens is 238 g/mol. The molecule has 0 aliphatic carbocycles. The van der Waals surface area contributed by atoms with Crippen LogP contribution in [-0.4, -0.2) is 19.7 Å². The highest BCUT2D eigenvalue weighted by Crippen LogP contribution is 2.25. The van der Waals surface area contributed by atoms with Gasteiger partial charge >= 0.3 is 5.97 Å². The molecule has 0 radical (unpaired) electrons. The van der Waals surface area contributed by atoms with Crippen molar-refractivity contribution in [3.8, 4) is 11.8 Å². The molecule has 0 atom stereocenters. The summed E-state index contributed by atoms with van der Waals surface area (Å²) in [5.41, 5.74) is 1.01. The van der Waals surface area contributed by atoms with E-state index in [1.807, 2.05) is 6.07 Å². The van der Waals surface area contributed by atoms with E-state index in [2.05, 4.69) is 12.6 Å². The van der Waals surface area contributed by atoms with Crippen molar-refractivity contribution >= 4 is 18.6 Å². The zero-order chi connectivity index (χ0) is 12.8. The van der Waals surface area contributed by atoms with E-state index in [1.54, 1.807) is 19.1 Å². The third kappa shape index (κ3) is 3.40. The van der Waals surface area contributed by atoms with E-state index in [0.717, 1.165) is 0 Å². The summed E-state index contributed by atoms with van der Waals surface area (Å²) >= 11 is 4.23. The third-order valence-corrected chi connectivity index (χ3v) is 2.69. The van der Waals surface area contributed by atoms with Gasteiger partial charge in [0.2, 0.25) is 0 Å². The van der Waals surface area contributed by atoms with Gasteiger partial charge in [-0.05, 0) is 24.6 Å². The predicted octanol–water partition coefficient (Wildman–Crippen LogP) is 1.96. The quantitative estimate of drug-likeness (QED) is 0.656. The van der Waals surface area contributed by atoms with Gasteiger partial charge in [0.1, 0.15) is 11.8 Å². The summed E-state index contributed by atoms with van der Waals surface area (Å²) < 4.78 is 9.91. The second kappa shape index (κ2) is 6.16. The first kappa shape index (κ1) is 13.4. The molecule has 5 heteroatoms. The SMILES string of the molecule is CCOC(=O)Cc1cc(OC)cc(C#N)c1S. The van der Waals surface area contributed by atoms with E-state index in [4.69, 9.17) is 14.7 Å². The van der Waals surface area contributed by atoms with Gasteiger partial charge in [0, 0.05) is 4.90 Å². The van der Waals surface area contributed by atoms with E-state index in [-0.39, 0.29) is 12.4 Å². The van der Waals surface area contributed by atoms with Gasteiger partial charge in [-0.15, -0.1) is 12.6 Å². The highest BCUT2D eigenvalue weighted by Gasteiger charge is 2.12. The first-order chi connectivity index (χ1) is 8.12. The van der Waals surface area contributed by atoms with Gasteiger partial charge in [-0.25, -0.2) is 0 Å². The summed E-state index contributed by atoms with van der Waals surface area (Å²) in [4.78, 5) is 11.9. The van der Waals surface area contributed by atoms with Gasteiger partial charge in [-0.2, -0.15) is 5.26 Å². The number of hydrogen-bond donors (Lipinski definition) is 1. The zero-order valence-corrected chi connectivity index (χ0v) is 10.6. The van der Waals surface area contributed by atoms with Crippen molar-refractivity contribution in [2.45, 2.75) is 18.2 Å². The second-order valence-electron chi connectivity index (χ2n) is 3.28. The lowest BCUT2D eigenvalue weighted by atomic mass is 10.1. The van der Waals surface area contributed by atoms with Crippen molar-refractivity contribution in [2.24, 2.45) is 0 Å². The van der Waals surface area contributed by atoms with Crippen LogP contribution >= 0.6 is 12.6 Å². The number of benzene rings is 1. The Kier molecular flexibility index (Phi) is 4.85. The Morgan fingerprint density at radius 1 is 1.53 bits per heavy atom. The Hall–Kier alpha value is -1.67. The van der Waals surface area contributed by atoms with Crippen molar-refractivity contribution in [1.29, 1.82) is 5.26 Å². The lowest BCUT2D eigenvalue weighted by molar-refractivity contribution is -0.142. The summed E-state index contributed by atoms with van der Waals surface area (Å²) in [7, 11) is 1.50. The number of hydrogen-bond acceptors (Lipinski definition) is 5. The highest BCUT2D eigenvalue weighted by molar-refractivity contribution is 7.80. The van der Waals surface area contributed by atoms with E-state index in [9.17, 15) is 4.79 Å². The van der Waals surface area contributed by atoms with Gasteiger partial charge in [-0.1, -0.05) is 0 Å². The fraction of sp³-hybridized carbons (Fsp3) is 0.333. The molecule has 0 heterocycles. The standard InChI is InChI=1S/C12H13NO3S/c1-3-16-11(14)6-8-4-10(15-2)5-9(7-13)12(8)17/h4-5,17H,3,6H2,1-2H3. The van der Waals surface area contributed by atoms with E-state index < -0.39 is 0 Å². The maximum Gasteiger partial charge on any atom is 0.310 e. The number of esters is 1. The van der Waals surface area contributed by atoms with Gasteiger partial charge < -0.3 is 9.47 Å². The van der Waals surface area contributed by atoms with Crippen molar-refractivity contribution in [3.63, 3.8) is 0 Å². The number of methoxy groups -OCH3 is 1. The van der Waals surface area contributed by atoms with Crippen LogP contribution in [0.15, 0.2) is 17.0 Å². The summed E-state index contributed by atoms with van der Waals surface area (Å²) in [5.74, 6) is 0.179. The van der Waals surface area contributed by atoms with Crippen LogP contribution in [-0.2, 0) is 16.0 Å². The number of nitrogens with zero attached hydrogens (tertiary/aromatic N) is 1. The van der Waals surface area contributed by atoms with E-state index >= 15 is 0 Å². The minimum absolute atomic E-state index is 0.0819. The molecule has 1 aromatic carbocycles. The Bertz CT molecular complexity index is 466. The van der Waals surface area contributed by atoms with Crippen molar-refractivity contribution in [3.05, 3.63) is 23.3 Å². The molecule has 0 unspecified atom stereocenters. The maximum atomic E-state index is 11.4. The molecule has 17 heavy (non-hydrogen) atoms. The molecular formula is C12H13NO3S. The first-order valence-electron chi connectivity index (χ1n) is 5.08. The molecule has 0 aliphatic heterocycles. The molecule has 4 nitrogen and oxygen atoms in total. The molecule has 0 amide bonds. The summed E-state index contributed by atoms with van der Waals surface area (Å²) in [5, 5.41) is 8.93. The Morgan fingerprint density at radius 2 is 2.24 bits per heavy atom.